The lowest BCUT2D eigenvalue weighted by Gasteiger charge is -2.54. The minimum Gasteiger partial charge on any atom is -0.481 e. The van der Waals surface area contributed by atoms with Gasteiger partial charge in [0.25, 0.3) is 0 Å². The quantitative estimate of drug-likeness (QED) is 0.610. The van der Waals surface area contributed by atoms with Crippen molar-refractivity contribution in [1.29, 1.82) is 0 Å². The van der Waals surface area contributed by atoms with Gasteiger partial charge in [-0.3, -0.25) is 4.79 Å². The lowest BCUT2D eigenvalue weighted by molar-refractivity contribution is -0.142. The number of hydrogen-bond donors (Lipinski definition) is 1. The van der Waals surface area contributed by atoms with Gasteiger partial charge in [-0.15, -0.1) is 0 Å². The van der Waals surface area contributed by atoms with Crippen molar-refractivity contribution in [3.05, 3.63) is 11.1 Å². The Labute approximate surface area is 152 Å². The van der Waals surface area contributed by atoms with E-state index >= 15 is 0 Å². The molecule has 5 aliphatic carbocycles. The molecule has 0 aromatic carbocycles. The lowest BCUT2D eigenvalue weighted by Crippen LogP contribution is -2.44. The molecule has 0 radical (unpaired) electrons. The summed E-state index contributed by atoms with van der Waals surface area (Å²) < 4.78 is 0. The number of hydrogen-bond acceptors (Lipinski definition) is 1. The lowest BCUT2D eigenvalue weighted by atomic mass is 9.51. The third-order valence-electron chi connectivity index (χ3n) is 9.06. The normalized spacial score (nSPS) is 46.5. The summed E-state index contributed by atoms with van der Waals surface area (Å²) in [5.41, 5.74) is 3.41. The van der Waals surface area contributed by atoms with Crippen LogP contribution in [0, 0.1) is 41.4 Å². The van der Waals surface area contributed by atoms with Crippen molar-refractivity contribution in [1.82, 2.24) is 0 Å². The van der Waals surface area contributed by atoms with Gasteiger partial charge in [0.05, 0.1) is 5.92 Å². The Morgan fingerprint density at radius 1 is 0.760 bits per heavy atom. The Bertz CT molecular complexity index is 577. The smallest absolute Gasteiger partial charge is 0.306 e. The highest BCUT2D eigenvalue weighted by molar-refractivity contribution is 5.70. The molecule has 0 amide bonds. The molecule has 0 bridgehead atoms. The van der Waals surface area contributed by atoms with Crippen LogP contribution in [0.5, 0.6) is 0 Å². The first kappa shape index (κ1) is 16.4. The molecular weight excluding hydrogens is 308 g/mol. The van der Waals surface area contributed by atoms with Gasteiger partial charge in [-0.2, -0.15) is 0 Å². The van der Waals surface area contributed by atoms with Crippen LogP contribution in [0.3, 0.4) is 0 Å². The van der Waals surface area contributed by atoms with Gasteiger partial charge in [-0.1, -0.05) is 30.4 Å². The topological polar surface area (TPSA) is 37.3 Å². The molecule has 0 aliphatic heterocycles. The average molecular weight is 343 g/mol. The summed E-state index contributed by atoms with van der Waals surface area (Å²) >= 11 is 0. The summed E-state index contributed by atoms with van der Waals surface area (Å²) in [7, 11) is 0. The second kappa shape index (κ2) is 6.43. The Morgan fingerprint density at radius 3 is 2.48 bits per heavy atom. The van der Waals surface area contributed by atoms with Gasteiger partial charge in [-0.25, -0.2) is 0 Å². The highest BCUT2D eigenvalue weighted by Gasteiger charge is 2.48. The second-order valence-electron chi connectivity index (χ2n) is 9.90. The molecule has 7 unspecified atom stereocenters. The van der Waals surface area contributed by atoms with Crippen LogP contribution in [0.2, 0.25) is 0 Å². The molecule has 4 fully saturated rings. The van der Waals surface area contributed by atoms with E-state index in [2.05, 4.69) is 0 Å². The van der Waals surface area contributed by atoms with E-state index in [0.717, 1.165) is 54.8 Å². The van der Waals surface area contributed by atoms with Crippen LogP contribution in [0.15, 0.2) is 11.1 Å². The molecule has 5 aliphatic rings. The molecule has 7 atom stereocenters. The largest absolute Gasteiger partial charge is 0.481 e. The number of fused-ring (bicyclic) bond motifs is 6. The zero-order valence-electron chi connectivity index (χ0n) is 15.6. The van der Waals surface area contributed by atoms with Crippen LogP contribution in [-0.2, 0) is 4.79 Å². The predicted octanol–water partition coefficient (Wildman–Crippen LogP) is 5.82. The Balaban J connectivity index is 1.41. The Hall–Kier alpha value is -0.790. The fourth-order valence-electron chi connectivity index (χ4n) is 7.99. The standard InChI is InChI=1S/C23H34O2/c24-23(25)16-6-5-15-8-10-20-19-9-7-14-3-1-2-4-17(14)18(19)11-12-21(20)22(15)13-16/h14-20H,1-13H2,(H,24,25). The molecule has 4 saturated carbocycles. The van der Waals surface area contributed by atoms with E-state index in [0.29, 0.717) is 0 Å². The first-order valence-electron chi connectivity index (χ1n) is 11.2. The first-order chi connectivity index (χ1) is 12.2. The highest BCUT2D eigenvalue weighted by Crippen LogP contribution is 2.58. The fraction of sp³-hybridized carbons (Fsp3) is 0.870. The molecule has 0 spiro atoms. The van der Waals surface area contributed by atoms with Gasteiger partial charge in [0.2, 0.25) is 0 Å². The van der Waals surface area contributed by atoms with Crippen molar-refractivity contribution in [2.45, 2.75) is 83.5 Å². The summed E-state index contributed by atoms with van der Waals surface area (Å²) in [5.74, 6) is 4.96. The van der Waals surface area contributed by atoms with E-state index in [1.54, 1.807) is 11.1 Å². The van der Waals surface area contributed by atoms with E-state index in [1.165, 1.54) is 64.2 Å². The van der Waals surface area contributed by atoms with E-state index in [-0.39, 0.29) is 5.92 Å². The van der Waals surface area contributed by atoms with E-state index in [1.807, 2.05) is 0 Å². The third kappa shape index (κ3) is 2.70. The maximum absolute atomic E-state index is 11.6. The monoisotopic (exact) mass is 342 g/mol. The van der Waals surface area contributed by atoms with Crippen molar-refractivity contribution in [2.75, 3.05) is 0 Å². The van der Waals surface area contributed by atoms with Crippen LogP contribution < -0.4 is 0 Å². The number of aliphatic carboxylic acids is 1. The molecule has 25 heavy (non-hydrogen) atoms. The first-order valence-corrected chi connectivity index (χ1v) is 11.2. The number of allylic oxidation sites excluding steroid dienone is 2. The van der Waals surface area contributed by atoms with Crippen molar-refractivity contribution in [2.24, 2.45) is 41.4 Å². The molecule has 138 valence electrons. The van der Waals surface area contributed by atoms with E-state index in [9.17, 15) is 9.90 Å². The Kier molecular flexibility index (Phi) is 4.21. The maximum Gasteiger partial charge on any atom is 0.306 e. The summed E-state index contributed by atoms with van der Waals surface area (Å²) in [6, 6.07) is 0. The molecule has 0 aromatic rings. The molecule has 0 aromatic heterocycles. The predicted molar refractivity (Wildman–Crippen MR) is 99.1 cm³/mol. The van der Waals surface area contributed by atoms with Crippen LogP contribution in [-0.4, -0.2) is 11.1 Å². The number of carboxylic acids is 1. The molecule has 5 rings (SSSR count). The fourth-order valence-corrected chi connectivity index (χ4v) is 7.99. The summed E-state index contributed by atoms with van der Waals surface area (Å²) in [4.78, 5) is 11.6. The third-order valence-corrected chi connectivity index (χ3v) is 9.06. The van der Waals surface area contributed by atoms with Crippen LogP contribution in [0.25, 0.3) is 0 Å². The van der Waals surface area contributed by atoms with Gasteiger partial charge < -0.3 is 5.11 Å². The Morgan fingerprint density at radius 2 is 1.60 bits per heavy atom. The number of rotatable bonds is 1. The molecule has 2 nitrogen and oxygen atoms in total. The summed E-state index contributed by atoms with van der Waals surface area (Å²) in [5, 5.41) is 9.52. The molecule has 0 saturated heterocycles. The van der Waals surface area contributed by atoms with Gasteiger partial charge in [-0.05, 0) is 99.7 Å². The zero-order chi connectivity index (χ0) is 17.0. The minimum absolute atomic E-state index is 0.0932. The summed E-state index contributed by atoms with van der Waals surface area (Å²) in [6.07, 6.45) is 17.4. The second-order valence-corrected chi connectivity index (χ2v) is 9.90. The van der Waals surface area contributed by atoms with Gasteiger partial charge >= 0.3 is 5.97 Å². The van der Waals surface area contributed by atoms with E-state index < -0.39 is 5.97 Å². The summed E-state index contributed by atoms with van der Waals surface area (Å²) in [6.45, 7) is 0. The van der Waals surface area contributed by atoms with Crippen molar-refractivity contribution in [3.8, 4) is 0 Å². The number of carboxylic acid groups (broad SMARTS) is 1. The van der Waals surface area contributed by atoms with E-state index in [4.69, 9.17) is 0 Å². The van der Waals surface area contributed by atoms with Crippen LogP contribution >= 0.6 is 0 Å². The maximum atomic E-state index is 11.6. The molecular formula is C23H34O2. The van der Waals surface area contributed by atoms with Crippen LogP contribution in [0.4, 0.5) is 0 Å². The van der Waals surface area contributed by atoms with Gasteiger partial charge in [0.1, 0.15) is 0 Å². The van der Waals surface area contributed by atoms with Crippen molar-refractivity contribution in [3.63, 3.8) is 0 Å². The zero-order valence-corrected chi connectivity index (χ0v) is 15.6. The highest BCUT2D eigenvalue weighted by atomic mass is 16.4. The van der Waals surface area contributed by atoms with Gasteiger partial charge in [0, 0.05) is 0 Å². The number of carbonyl (C=O) groups is 1. The SMILES string of the molecule is O=C(O)C1CCC2CCC3C(=C2C1)CCC1C2CCCCC2CCC31. The van der Waals surface area contributed by atoms with Gasteiger partial charge in [0.15, 0.2) is 0 Å². The van der Waals surface area contributed by atoms with Crippen molar-refractivity contribution >= 4 is 5.97 Å². The molecule has 1 N–H and O–H groups in total. The van der Waals surface area contributed by atoms with Crippen molar-refractivity contribution < 1.29 is 9.90 Å². The molecule has 2 heteroatoms. The molecule has 0 heterocycles. The minimum atomic E-state index is -0.551. The van der Waals surface area contributed by atoms with Crippen LogP contribution in [0.1, 0.15) is 83.5 Å². The average Bonchev–Trinajstić information content (AvgIpc) is 2.66.